The molecular formula is C18H21N5O. The van der Waals surface area contributed by atoms with Crippen LogP contribution in [0, 0.1) is 0 Å². The van der Waals surface area contributed by atoms with E-state index < -0.39 is 0 Å². The molecule has 0 atom stereocenters. The summed E-state index contributed by atoms with van der Waals surface area (Å²) >= 11 is 0. The zero-order valence-corrected chi connectivity index (χ0v) is 13.8. The zero-order valence-electron chi connectivity index (χ0n) is 13.8. The molecule has 3 aromatic rings. The second-order valence-corrected chi connectivity index (χ2v) is 5.95. The molecule has 0 aliphatic rings. The lowest BCUT2D eigenvalue weighted by molar-refractivity contribution is 0.0937. The first-order chi connectivity index (χ1) is 11.6. The topological polar surface area (TPSA) is 82.7 Å². The molecular weight excluding hydrogens is 302 g/mol. The standard InChI is InChI=1S/C18H21N5O/c1-12(2)23-18(24)16-10-22-17(11-21-16)19-8-7-13-9-20-15-6-4-3-5-14(13)15/h3-6,9-12,20H,7-8H2,1-2H3,(H,19,22)(H,23,24). The van der Waals surface area contributed by atoms with Crippen molar-refractivity contribution >= 4 is 22.6 Å². The zero-order chi connectivity index (χ0) is 16.9. The first-order valence-electron chi connectivity index (χ1n) is 8.05. The van der Waals surface area contributed by atoms with Crippen LogP contribution in [0.3, 0.4) is 0 Å². The largest absolute Gasteiger partial charge is 0.368 e. The van der Waals surface area contributed by atoms with E-state index in [1.807, 2.05) is 32.2 Å². The van der Waals surface area contributed by atoms with Gasteiger partial charge >= 0.3 is 0 Å². The highest BCUT2D eigenvalue weighted by atomic mass is 16.1. The third kappa shape index (κ3) is 3.71. The molecule has 2 aromatic heterocycles. The van der Waals surface area contributed by atoms with Gasteiger partial charge in [-0.15, -0.1) is 0 Å². The van der Waals surface area contributed by atoms with Crippen LogP contribution >= 0.6 is 0 Å². The van der Waals surface area contributed by atoms with Gasteiger partial charge in [0.2, 0.25) is 0 Å². The highest BCUT2D eigenvalue weighted by molar-refractivity contribution is 5.92. The second-order valence-electron chi connectivity index (χ2n) is 5.95. The number of carbonyl (C=O) groups excluding carboxylic acids is 1. The van der Waals surface area contributed by atoms with Crippen molar-refractivity contribution in [1.82, 2.24) is 20.3 Å². The average Bonchev–Trinajstić information content (AvgIpc) is 2.98. The average molecular weight is 323 g/mol. The van der Waals surface area contributed by atoms with Crippen molar-refractivity contribution in [2.45, 2.75) is 26.3 Å². The Kier molecular flexibility index (Phi) is 4.74. The van der Waals surface area contributed by atoms with Crippen molar-refractivity contribution in [2.75, 3.05) is 11.9 Å². The number of rotatable bonds is 6. The van der Waals surface area contributed by atoms with Gasteiger partial charge in [0.1, 0.15) is 11.5 Å². The van der Waals surface area contributed by atoms with Gasteiger partial charge in [-0.05, 0) is 31.9 Å². The number of nitrogens with one attached hydrogen (secondary N) is 3. The first-order valence-corrected chi connectivity index (χ1v) is 8.05. The number of benzene rings is 1. The van der Waals surface area contributed by atoms with Crippen LogP contribution in [0.4, 0.5) is 5.82 Å². The van der Waals surface area contributed by atoms with Crippen molar-refractivity contribution in [1.29, 1.82) is 0 Å². The molecule has 2 heterocycles. The van der Waals surface area contributed by atoms with E-state index in [0.29, 0.717) is 11.5 Å². The Balaban J connectivity index is 1.56. The Morgan fingerprint density at radius 3 is 2.79 bits per heavy atom. The van der Waals surface area contributed by atoms with Gasteiger partial charge in [-0.3, -0.25) is 4.79 Å². The number of aromatic nitrogens is 3. The molecule has 3 N–H and O–H groups in total. The normalized spacial score (nSPS) is 11.0. The third-order valence-electron chi connectivity index (χ3n) is 3.68. The molecule has 0 bridgehead atoms. The molecule has 0 saturated heterocycles. The molecule has 124 valence electrons. The predicted molar refractivity (Wildman–Crippen MR) is 95.1 cm³/mol. The molecule has 0 aliphatic heterocycles. The van der Waals surface area contributed by atoms with Gasteiger partial charge in [-0.2, -0.15) is 0 Å². The maximum absolute atomic E-state index is 11.8. The van der Waals surface area contributed by atoms with Gasteiger partial charge < -0.3 is 15.6 Å². The number of carbonyl (C=O) groups is 1. The summed E-state index contributed by atoms with van der Waals surface area (Å²) < 4.78 is 0. The van der Waals surface area contributed by atoms with Gasteiger partial charge in [0.05, 0.1) is 12.4 Å². The fourth-order valence-corrected chi connectivity index (χ4v) is 2.54. The van der Waals surface area contributed by atoms with Crippen LogP contribution in [-0.2, 0) is 6.42 Å². The van der Waals surface area contributed by atoms with Crippen LogP contribution in [0.25, 0.3) is 10.9 Å². The molecule has 0 spiro atoms. The number of aromatic amines is 1. The number of hydrogen-bond donors (Lipinski definition) is 3. The van der Waals surface area contributed by atoms with Crippen molar-refractivity contribution in [3.63, 3.8) is 0 Å². The van der Waals surface area contributed by atoms with E-state index in [9.17, 15) is 4.79 Å². The van der Waals surface area contributed by atoms with Crippen LogP contribution < -0.4 is 10.6 Å². The van der Waals surface area contributed by atoms with Crippen LogP contribution in [0.15, 0.2) is 42.9 Å². The molecule has 6 nitrogen and oxygen atoms in total. The molecule has 3 rings (SSSR count). The maximum Gasteiger partial charge on any atom is 0.271 e. The maximum atomic E-state index is 11.8. The highest BCUT2D eigenvalue weighted by Crippen LogP contribution is 2.18. The van der Waals surface area contributed by atoms with Crippen LogP contribution in [0.5, 0.6) is 0 Å². The number of para-hydroxylation sites is 1. The molecule has 0 fully saturated rings. The van der Waals surface area contributed by atoms with E-state index in [1.54, 1.807) is 6.20 Å². The summed E-state index contributed by atoms with van der Waals surface area (Å²) in [6, 6.07) is 8.32. The Bertz CT molecular complexity index is 823. The lowest BCUT2D eigenvalue weighted by atomic mass is 10.1. The Morgan fingerprint density at radius 2 is 2.04 bits per heavy atom. The van der Waals surface area contributed by atoms with Crippen LogP contribution in [0.2, 0.25) is 0 Å². The van der Waals surface area contributed by atoms with Gasteiger partial charge in [0.25, 0.3) is 5.91 Å². The first kappa shape index (κ1) is 16.0. The molecule has 1 aromatic carbocycles. The minimum atomic E-state index is -0.206. The fraction of sp³-hybridized carbons (Fsp3) is 0.278. The highest BCUT2D eigenvalue weighted by Gasteiger charge is 2.09. The number of anilines is 1. The number of fused-ring (bicyclic) bond motifs is 1. The molecule has 0 saturated carbocycles. The van der Waals surface area contributed by atoms with E-state index >= 15 is 0 Å². The van der Waals surface area contributed by atoms with Crippen LogP contribution in [0.1, 0.15) is 29.9 Å². The van der Waals surface area contributed by atoms with E-state index in [1.165, 1.54) is 17.1 Å². The minimum Gasteiger partial charge on any atom is -0.368 e. The lowest BCUT2D eigenvalue weighted by Crippen LogP contribution is -2.30. The predicted octanol–water partition coefficient (Wildman–Crippen LogP) is 2.75. The second kappa shape index (κ2) is 7.12. The Labute approximate surface area is 140 Å². The SMILES string of the molecule is CC(C)NC(=O)c1cnc(NCCc2c[nH]c3ccccc23)cn1. The van der Waals surface area contributed by atoms with Gasteiger partial charge in [0.15, 0.2) is 0 Å². The minimum absolute atomic E-state index is 0.0771. The van der Waals surface area contributed by atoms with Crippen molar-refractivity contribution in [3.05, 3.63) is 54.1 Å². The van der Waals surface area contributed by atoms with Gasteiger partial charge in [-0.1, -0.05) is 18.2 Å². The van der Waals surface area contributed by atoms with Crippen molar-refractivity contribution in [2.24, 2.45) is 0 Å². The lowest BCUT2D eigenvalue weighted by Gasteiger charge is -2.08. The van der Waals surface area contributed by atoms with E-state index in [0.717, 1.165) is 18.5 Å². The quantitative estimate of drug-likeness (QED) is 0.651. The van der Waals surface area contributed by atoms with E-state index in [-0.39, 0.29) is 11.9 Å². The summed E-state index contributed by atoms with van der Waals surface area (Å²) in [6.45, 7) is 4.56. The van der Waals surface area contributed by atoms with E-state index in [4.69, 9.17) is 0 Å². The molecule has 6 heteroatoms. The van der Waals surface area contributed by atoms with Gasteiger partial charge in [0, 0.05) is 29.7 Å². The van der Waals surface area contributed by atoms with Crippen molar-refractivity contribution < 1.29 is 4.79 Å². The Morgan fingerprint density at radius 1 is 1.21 bits per heavy atom. The Hall–Kier alpha value is -2.89. The van der Waals surface area contributed by atoms with Crippen LogP contribution in [-0.4, -0.2) is 33.4 Å². The molecule has 0 unspecified atom stereocenters. The molecule has 1 amide bonds. The van der Waals surface area contributed by atoms with E-state index in [2.05, 4.69) is 37.7 Å². The number of amides is 1. The number of H-pyrrole nitrogens is 1. The monoisotopic (exact) mass is 323 g/mol. The summed E-state index contributed by atoms with van der Waals surface area (Å²) in [4.78, 5) is 23.5. The smallest absolute Gasteiger partial charge is 0.271 e. The summed E-state index contributed by atoms with van der Waals surface area (Å²) in [5.41, 5.74) is 2.73. The summed E-state index contributed by atoms with van der Waals surface area (Å²) in [7, 11) is 0. The summed E-state index contributed by atoms with van der Waals surface area (Å²) in [5, 5.41) is 7.27. The molecule has 24 heavy (non-hydrogen) atoms. The number of hydrogen-bond acceptors (Lipinski definition) is 4. The molecule has 0 radical (unpaired) electrons. The molecule has 0 aliphatic carbocycles. The van der Waals surface area contributed by atoms with Gasteiger partial charge in [-0.25, -0.2) is 9.97 Å². The number of nitrogens with zero attached hydrogens (tertiary/aromatic N) is 2. The fourth-order valence-electron chi connectivity index (χ4n) is 2.54. The summed E-state index contributed by atoms with van der Waals surface area (Å²) in [6.07, 6.45) is 5.99. The third-order valence-corrected chi connectivity index (χ3v) is 3.68. The van der Waals surface area contributed by atoms with Crippen molar-refractivity contribution in [3.8, 4) is 0 Å². The summed E-state index contributed by atoms with van der Waals surface area (Å²) in [5.74, 6) is 0.457.